The predicted molar refractivity (Wildman–Crippen MR) is 137 cm³/mol. The van der Waals surface area contributed by atoms with Crippen LogP contribution in [0.3, 0.4) is 0 Å². The molecule has 1 aliphatic carbocycles. The number of hydrogen-bond acceptors (Lipinski definition) is 6. The summed E-state index contributed by atoms with van der Waals surface area (Å²) in [6.45, 7) is 4.36. The van der Waals surface area contributed by atoms with Crippen molar-refractivity contribution in [1.29, 1.82) is 0 Å². The van der Waals surface area contributed by atoms with Crippen molar-refractivity contribution in [2.75, 3.05) is 31.8 Å². The normalized spacial score (nSPS) is 22.1. The van der Waals surface area contributed by atoms with Gasteiger partial charge in [-0.05, 0) is 67.3 Å². The molecule has 6 rings (SSSR count). The molecule has 1 aromatic carbocycles. The predicted octanol–water partition coefficient (Wildman–Crippen LogP) is 3.25. The number of ether oxygens (including phenoxy) is 1. The van der Waals surface area contributed by atoms with Crippen LogP contribution in [0.2, 0.25) is 0 Å². The van der Waals surface area contributed by atoms with Crippen molar-refractivity contribution >= 4 is 11.6 Å². The second-order valence-electron chi connectivity index (χ2n) is 10.5. The molecule has 0 radical (unpaired) electrons. The highest BCUT2D eigenvalue weighted by Crippen LogP contribution is 2.34. The zero-order valence-electron chi connectivity index (χ0n) is 20.9. The first kappa shape index (κ1) is 23.2. The summed E-state index contributed by atoms with van der Waals surface area (Å²) in [6, 6.07) is 8.10. The lowest BCUT2D eigenvalue weighted by Gasteiger charge is -2.44. The van der Waals surface area contributed by atoms with Crippen molar-refractivity contribution in [1.82, 2.24) is 19.7 Å². The van der Waals surface area contributed by atoms with Crippen molar-refractivity contribution in [3.63, 3.8) is 0 Å². The molecule has 2 aromatic heterocycles. The molecule has 8 nitrogen and oxygen atoms in total. The topological polar surface area (TPSA) is 83.7 Å². The highest BCUT2D eigenvalue weighted by Gasteiger charge is 2.38. The molecule has 3 aromatic rings. The van der Waals surface area contributed by atoms with E-state index >= 15 is 0 Å². The van der Waals surface area contributed by atoms with Crippen LogP contribution in [0.1, 0.15) is 46.3 Å². The van der Waals surface area contributed by atoms with Crippen LogP contribution in [-0.2, 0) is 17.7 Å². The number of hydrogen-bond donors (Lipinski definition) is 1. The van der Waals surface area contributed by atoms with Gasteiger partial charge in [0.2, 0.25) is 0 Å². The van der Waals surface area contributed by atoms with E-state index in [0.717, 1.165) is 46.1 Å². The molecule has 0 bridgehead atoms. The number of benzene rings is 1. The minimum Gasteiger partial charge on any atom is -0.389 e. The van der Waals surface area contributed by atoms with Crippen molar-refractivity contribution in [2.24, 2.45) is 5.92 Å². The van der Waals surface area contributed by atoms with Gasteiger partial charge in [0.05, 0.1) is 48.6 Å². The first-order valence-electron chi connectivity index (χ1n) is 12.9. The molecule has 188 valence electrons. The third-order valence-electron chi connectivity index (χ3n) is 7.59. The number of carbonyl (C=O) groups is 1. The molecular weight excluding hydrogens is 454 g/mol. The van der Waals surface area contributed by atoms with Crippen molar-refractivity contribution in [3.05, 3.63) is 65.1 Å². The second kappa shape index (κ2) is 9.33. The minimum absolute atomic E-state index is 0.0179. The summed E-state index contributed by atoms with van der Waals surface area (Å²) in [5, 5.41) is 15.0. The summed E-state index contributed by atoms with van der Waals surface area (Å²) in [5.74, 6) is 0.768. The molecule has 3 aliphatic rings. The summed E-state index contributed by atoms with van der Waals surface area (Å²) >= 11 is 0. The van der Waals surface area contributed by atoms with E-state index < -0.39 is 6.10 Å². The van der Waals surface area contributed by atoms with Gasteiger partial charge in [-0.15, -0.1) is 0 Å². The Hall–Kier alpha value is -3.23. The van der Waals surface area contributed by atoms with Crippen LogP contribution in [0.5, 0.6) is 0 Å². The molecule has 0 unspecified atom stereocenters. The summed E-state index contributed by atoms with van der Waals surface area (Å²) < 4.78 is 7.41. The number of fused-ring (bicyclic) bond motifs is 1. The van der Waals surface area contributed by atoms with E-state index in [9.17, 15) is 9.90 Å². The van der Waals surface area contributed by atoms with E-state index in [1.54, 1.807) is 4.90 Å². The Labute approximate surface area is 211 Å². The average molecular weight is 488 g/mol. The molecular formula is C28H33N5O3. The highest BCUT2D eigenvalue weighted by molar-refractivity contribution is 6.02. The van der Waals surface area contributed by atoms with Crippen LogP contribution in [0.15, 0.2) is 42.9 Å². The Morgan fingerprint density at radius 3 is 2.75 bits per heavy atom. The monoisotopic (exact) mass is 487 g/mol. The Morgan fingerprint density at radius 1 is 1.14 bits per heavy atom. The lowest BCUT2D eigenvalue weighted by Crippen LogP contribution is -2.56. The van der Waals surface area contributed by atoms with E-state index in [1.807, 2.05) is 36.3 Å². The number of aromatic nitrogens is 3. The fraction of sp³-hybridized carbons (Fsp3) is 0.464. The van der Waals surface area contributed by atoms with Crippen molar-refractivity contribution in [2.45, 2.75) is 51.3 Å². The van der Waals surface area contributed by atoms with Crippen LogP contribution >= 0.6 is 0 Å². The second-order valence-corrected chi connectivity index (χ2v) is 10.5. The van der Waals surface area contributed by atoms with Crippen LogP contribution in [0, 0.1) is 12.8 Å². The summed E-state index contributed by atoms with van der Waals surface area (Å²) in [7, 11) is 2.01. The highest BCUT2D eigenvalue weighted by atomic mass is 16.5. The van der Waals surface area contributed by atoms with E-state index in [1.165, 1.54) is 12.8 Å². The van der Waals surface area contributed by atoms with Gasteiger partial charge in [0.25, 0.3) is 5.91 Å². The van der Waals surface area contributed by atoms with Crippen molar-refractivity contribution in [3.8, 4) is 11.3 Å². The minimum atomic E-state index is -0.660. The van der Waals surface area contributed by atoms with Gasteiger partial charge >= 0.3 is 0 Å². The summed E-state index contributed by atoms with van der Waals surface area (Å²) in [6.07, 6.45) is 9.18. The van der Waals surface area contributed by atoms with E-state index in [0.29, 0.717) is 31.7 Å². The Morgan fingerprint density at radius 2 is 2.00 bits per heavy atom. The van der Waals surface area contributed by atoms with Crippen molar-refractivity contribution < 1.29 is 14.6 Å². The van der Waals surface area contributed by atoms with Crippen LogP contribution in [-0.4, -0.2) is 69.8 Å². The summed E-state index contributed by atoms with van der Waals surface area (Å²) in [4.78, 5) is 22.2. The molecule has 2 aliphatic heterocycles. The molecule has 1 amide bonds. The molecule has 2 atom stereocenters. The molecule has 4 heterocycles. The number of amides is 1. The quantitative estimate of drug-likeness (QED) is 0.575. The molecule has 1 N–H and O–H groups in total. The third kappa shape index (κ3) is 4.51. The number of carbonyl (C=O) groups excluding carboxylic acids is 1. The maximum absolute atomic E-state index is 13.6. The number of aliphatic hydroxyl groups is 1. The van der Waals surface area contributed by atoms with Gasteiger partial charge in [-0.25, -0.2) is 0 Å². The first-order valence-corrected chi connectivity index (χ1v) is 12.9. The lowest BCUT2D eigenvalue weighted by molar-refractivity contribution is -0.0575. The largest absolute Gasteiger partial charge is 0.389 e. The fourth-order valence-electron chi connectivity index (χ4n) is 5.57. The Kier molecular flexibility index (Phi) is 6.01. The third-order valence-corrected chi connectivity index (χ3v) is 7.59. The van der Waals surface area contributed by atoms with Gasteiger partial charge in [0, 0.05) is 38.2 Å². The number of rotatable bonds is 6. The SMILES string of the molecule is Cc1cc(Cc2ccc(-c3cnn(CC4CC4)c3)nc2)cc2c1N(C)CN([C@H]1CCOC[C@@H]1O)C2=O. The molecule has 8 heteroatoms. The zero-order valence-corrected chi connectivity index (χ0v) is 20.9. The standard InChI is InChI=1S/C28H33N5O3/c1-18-9-21(10-20-5-6-24(29-12-20)22-13-30-32(15-22)14-19-3-4-19)11-23-27(18)31(2)17-33(28(23)35)25-7-8-36-16-26(25)34/h5-6,9,11-13,15,19,25-26,34H,3-4,7-8,10,14,16-17H2,1-2H3/t25-,26-/m0/s1. The molecule has 1 saturated heterocycles. The number of pyridine rings is 1. The number of anilines is 1. The Balaban J connectivity index is 1.21. The smallest absolute Gasteiger partial charge is 0.257 e. The number of nitrogens with zero attached hydrogens (tertiary/aromatic N) is 5. The lowest BCUT2D eigenvalue weighted by atomic mass is 9.95. The first-order chi connectivity index (χ1) is 17.5. The average Bonchev–Trinajstić information content (AvgIpc) is 3.56. The van der Waals surface area contributed by atoms with Gasteiger partial charge in [-0.3, -0.25) is 14.5 Å². The molecule has 1 saturated carbocycles. The number of aryl methyl sites for hydroxylation is 1. The maximum Gasteiger partial charge on any atom is 0.257 e. The van der Waals surface area contributed by atoms with Crippen LogP contribution in [0.25, 0.3) is 11.3 Å². The Bertz CT molecular complexity index is 1270. The van der Waals surface area contributed by atoms with Crippen LogP contribution < -0.4 is 4.90 Å². The summed E-state index contributed by atoms with van der Waals surface area (Å²) in [5.41, 5.74) is 6.88. The molecule has 0 spiro atoms. The fourth-order valence-corrected chi connectivity index (χ4v) is 5.57. The maximum atomic E-state index is 13.6. The van der Waals surface area contributed by atoms with E-state index in [4.69, 9.17) is 9.72 Å². The molecule has 36 heavy (non-hydrogen) atoms. The molecule has 2 fully saturated rings. The number of aliphatic hydroxyl groups excluding tert-OH is 1. The van der Waals surface area contributed by atoms with E-state index in [-0.39, 0.29) is 18.6 Å². The van der Waals surface area contributed by atoms with Gasteiger partial charge in [0.15, 0.2) is 0 Å². The van der Waals surface area contributed by atoms with Gasteiger partial charge in [-0.2, -0.15) is 5.10 Å². The zero-order chi connectivity index (χ0) is 24.8. The van der Waals surface area contributed by atoms with Gasteiger partial charge in [-0.1, -0.05) is 12.1 Å². The van der Waals surface area contributed by atoms with Gasteiger partial charge in [0.1, 0.15) is 0 Å². The van der Waals surface area contributed by atoms with E-state index in [2.05, 4.69) is 35.3 Å². The van der Waals surface area contributed by atoms with Gasteiger partial charge < -0.3 is 19.6 Å². The van der Waals surface area contributed by atoms with Crippen LogP contribution in [0.4, 0.5) is 5.69 Å².